The van der Waals surface area contributed by atoms with Crippen LogP contribution in [0.3, 0.4) is 0 Å². The Morgan fingerprint density at radius 3 is 2.78 bits per heavy atom. The molecule has 1 N–H and O–H groups in total. The Hall–Kier alpha value is -3.09. The molecule has 27 heavy (non-hydrogen) atoms. The molecule has 3 heterocycles. The Morgan fingerprint density at radius 2 is 2.11 bits per heavy atom. The summed E-state index contributed by atoms with van der Waals surface area (Å²) < 4.78 is 14.7. The number of hydrogen-bond donors (Lipinski definition) is 1. The predicted octanol–water partition coefficient (Wildman–Crippen LogP) is 3.08. The molecular weight excluding hydrogens is 347 g/mol. The lowest BCUT2D eigenvalue weighted by Crippen LogP contribution is -2.22. The van der Waals surface area contributed by atoms with Crippen LogP contribution >= 0.6 is 0 Å². The molecule has 2 atom stereocenters. The van der Waals surface area contributed by atoms with Gasteiger partial charge in [0.25, 0.3) is 5.56 Å². The van der Waals surface area contributed by atoms with E-state index in [0.717, 1.165) is 16.5 Å². The van der Waals surface area contributed by atoms with Crippen LogP contribution in [0.2, 0.25) is 0 Å². The van der Waals surface area contributed by atoms with Crippen molar-refractivity contribution in [3.63, 3.8) is 0 Å². The lowest BCUT2D eigenvalue weighted by molar-refractivity contribution is -0.117. The van der Waals surface area contributed by atoms with Gasteiger partial charge in [0.15, 0.2) is 0 Å². The summed E-state index contributed by atoms with van der Waals surface area (Å²) in [5, 5.41) is 3.42. The molecule has 0 radical (unpaired) electrons. The average Bonchev–Trinajstić information content (AvgIpc) is 3.39. The van der Waals surface area contributed by atoms with Gasteiger partial charge in [-0.25, -0.2) is 9.37 Å². The molecule has 3 aromatic heterocycles. The first-order chi connectivity index (χ1) is 13.0. The molecule has 138 valence electrons. The number of alkyl halides is 1. The summed E-state index contributed by atoms with van der Waals surface area (Å²) >= 11 is 0. The summed E-state index contributed by atoms with van der Waals surface area (Å²) in [6.07, 6.45) is 4.18. The molecule has 0 saturated heterocycles. The molecular formula is C20H19FN4O2. The number of amides is 1. The van der Waals surface area contributed by atoms with E-state index in [4.69, 9.17) is 0 Å². The van der Waals surface area contributed by atoms with Crippen molar-refractivity contribution in [2.75, 3.05) is 5.32 Å². The van der Waals surface area contributed by atoms with Gasteiger partial charge in [-0.2, -0.15) is 0 Å². The molecule has 2 unspecified atom stereocenters. The second-order valence-electron chi connectivity index (χ2n) is 6.77. The third-order valence-corrected chi connectivity index (χ3v) is 4.92. The van der Waals surface area contributed by atoms with E-state index in [9.17, 15) is 14.0 Å². The third-order valence-electron chi connectivity index (χ3n) is 4.92. The van der Waals surface area contributed by atoms with Gasteiger partial charge < -0.3 is 9.88 Å². The molecule has 0 spiro atoms. The van der Waals surface area contributed by atoms with Crippen LogP contribution in [0.5, 0.6) is 0 Å². The number of hydrogen-bond acceptors (Lipinski definition) is 4. The number of nitrogens with zero attached hydrogens (tertiary/aromatic N) is 3. The van der Waals surface area contributed by atoms with Gasteiger partial charge >= 0.3 is 0 Å². The zero-order valence-corrected chi connectivity index (χ0v) is 15.1. The fraction of sp³-hybridized carbons (Fsp3) is 0.300. The lowest BCUT2D eigenvalue weighted by atomic mass is 10.0. The van der Waals surface area contributed by atoms with Gasteiger partial charge in [0.1, 0.15) is 12.0 Å². The number of aromatic nitrogens is 3. The number of carbonyl (C=O) groups excluding carboxylic acids is 1. The van der Waals surface area contributed by atoms with E-state index in [2.05, 4.69) is 15.3 Å². The summed E-state index contributed by atoms with van der Waals surface area (Å²) in [6.45, 7) is 4.29. The number of carbonyl (C=O) groups is 1. The molecule has 1 saturated carbocycles. The quantitative estimate of drug-likeness (QED) is 0.770. The highest BCUT2D eigenvalue weighted by Gasteiger charge is 2.43. The van der Waals surface area contributed by atoms with Gasteiger partial charge in [0.05, 0.1) is 11.4 Å². The maximum Gasteiger partial charge on any atom is 0.258 e. The van der Waals surface area contributed by atoms with E-state index in [0.29, 0.717) is 23.4 Å². The van der Waals surface area contributed by atoms with Crippen molar-refractivity contribution in [2.24, 2.45) is 5.92 Å². The van der Waals surface area contributed by atoms with E-state index in [1.165, 1.54) is 0 Å². The Kier molecular flexibility index (Phi) is 4.22. The molecule has 0 aliphatic heterocycles. The minimum Gasteiger partial charge on any atom is -0.310 e. The van der Waals surface area contributed by atoms with Gasteiger partial charge in [0, 0.05) is 47.7 Å². The summed E-state index contributed by atoms with van der Waals surface area (Å²) in [5.74, 6) is -0.646. The number of rotatable bonds is 4. The van der Waals surface area contributed by atoms with Crippen LogP contribution < -0.4 is 10.9 Å². The summed E-state index contributed by atoms with van der Waals surface area (Å²) in [7, 11) is 0. The van der Waals surface area contributed by atoms with Gasteiger partial charge in [-0.05, 0) is 38.0 Å². The first-order valence-electron chi connectivity index (χ1n) is 8.89. The second kappa shape index (κ2) is 6.57. The summed E-state index contributed by atoms with van der Waals surface area (Å²) in [5.41, 5.74) is 2.85. The van der Waals surface area contributed by atoms with Crippen LogP contribution in [-0.2, 0) is 11.3 Å². The van der Waals surface area contributed by atoms with Crippen molar-refractivity contribution in [1.29, 1.82) is 0 Å². The number of nitrogens with one attached hydrogen (secondary N) is 1. The van der Waals surface area contributed by atoms with Crippen LogP contribution in [0, 0.1) is 12.8 Å². The van der Waals surface area contributed by atoms with E-state index in [-0.39, 0.29) is 17.9 Å². The van der Waals surface area contributed by atoms with E-state index in [1.54, 1.807) is 35.3 Å². The van der Waals surface area contributed by atoms with Crippen molar-refractivity contribution >= 4 is 22.6 Å². The number of anilines is 1. The molecule has 1 aliphatic carbocycles. The van der Waals surface area contributed by atoms with Crippen molar-refractivity contribution in [3.05, 3.63) is 52.7 Å². The molecule has 0 bridgehead atoms. The maximum absolute atomic E-state index is 13.1. The fourth-order valence-electron chi connectivity index (χ4n) is 3.25. The molecule has 0 aromatic carbocycles. The SMILES string of the molecule is CCn1c(=O)c(-c2cnccc2C)cc2cnc(NC(=O)C3CC3F)cc21. The molecule has 1 aliphatic rings. The summed E-state index contributed by atoms with van der Waals surface area (Å²) in [6, 6.07) is 5.32. The lowest BCUT2D eigenvalue weighted by Gasteiger charge is -2.13. The second-order valence-corrected chi connectivity index (χ2v) is 6.77. The largest absolute Gasteiger partial charge is 0.310 e. The Balaban J connectivity index is 1.81. The van der Waals surface area contributed by atoms with Crippen LogP contribution in [0.4, 0.5) is 10.2 Å². The normalized spacial score (nSPS) is 18.5. The Bertz CT molecular complexity index is 1110. The maximum atomic E-state index is 13.1. The first kappa shape index (κ1) is 17.3. The first-order valence-corrected chi connectivity index (χ1v) is 8.89. The minimum atomic E-state index is -1.07. The standard InChI is InChI=1S/C20H19FN4O2/c1-3-25-17-8-18(24-19(26)14-7-16(14)21)23-9-12(17)6-13(20(25)27)15-10-22-5-4-11(15)2/h4-6,8-10,14,16H,3,7H2,1-2H3,(H,23,24,26). The monoisotopic (exact) mass is 366 g/mol. The fourth-order valence-corrected chi connectivity index (χ4v) is 3.25. The minimum absolute atomic E-state index is 0.129. The summed E-state index contributed by atoms with van der Waals surface area (Å²) in [4.78, 5) is 33.4. The smallest absolute Gasteiger partial charge is 0.258 e. The molecule has 7 heteroatoms. The molecule has 6 nitrogen and oxygen atoms in total. The number of halogens is 1. The third kappa shape index (κ3) is 3.09. The Morgan fingerprint density at radius 1 is 1.33 bits per heavy atom. The topological polar surface area (TPSA) is 76.9 Å². The van der Waals surface area contributed by atoms with E-state index < -0.39 is 12.1 Å². The predicted molar refractivity (Wildman–Crippen MR) is 101 cm³/mol. The highest BCUT2D eigenvalue weighted by atomic mass is 19.1. The highest BCUT2D eigenvalue weighted by Crippen LogP contribution is 2.34. The highest BCUT2D eigenvalue weighted by molar-refractivity contribution is 5.95. The molecule has 4 rings (SSSR count). The average molecular weight is 366 g/mol. The molecule has 1 fully saturated rings. The number of pyridine rings is 3. The van der Waals surface area contributed by atoms with Crippen LogP contribution in [0.15, 0.2) is 41.6 Å². The van der Waals surface area contributed by atoms with E-state index in [1.807, 2.05) is 19.9 Å². The van der Waals surface area contributed by atoms with E-state index >= 15 is 0 Å². The molecule has 1 amide bonds. The number of aryl methyl sites for hydroxylation is 2. The van der Waals surface area contributed by atoms with Gasteiger partial charge in [-0.1, -0.05) is 0 Å². The zero-order valence-electron chi connectivity index (χ0n) is 15.1. The van der Waals surface area contributed by atoms with Crippen molar-refractivity contribution < 1.29 is 9.18 Å². The van der Waals surface area contributed by atoms with Crippen LogP contribution in [-0.4, -0.2) is 26.6 Å². The molecule has 3 aromatic rings. The number of fused-ring (bicyclic) bond motifs is 1. The zero-order chi connectivity index (χ0) is 19.1. The van der Waals surface area contributed by atoms with Crippen LogP contribution in [0.1, 0.15) is 18.9 Å². The van der Waals surface area contributed by atoms with Gasteiger partial charge in [-0.15, -0.1) is 0 Å². The van der Waals surface area contributed by atoms with Crippen molar-refractivity contribution in [1.82, 2.24) is 14.5 Å². The van der Waals surface area contributed by atoms with Gasteiger partial charge in [-0.3, -0.25) is 14.6 Å². The van der Waals surface area contributed by atoms with Gasteiger partial charge in [0.2, 0.25) is 5.91 Å². The van der Waals surface area contributed by atoms with Crippen LogP contribution in [0.25, 0.3) is 22.0 Å². The Labute approximate surface area is 155 Å². The van der Waals surface area contributed by atoms with Crippen molar-refractivity contribution in [3.8, 4) is 11.1 Å². The van der Waals surface area contributed by atoms with Crippen molar-refractivity contribution in [2.45, 2.75) is 33.0 Å².